The third-order valence-electron chi connectivity index (χ3n) is 12.2. The molecule has 3 aliphatic heterocycles. The van der Waals surface area contributed by atoms with Gasteiger partial charge in [-0.15, -0.1) is 0 Å². The Morgan fingerprint density at radius 3 is 2.52 bits per heavy atom. The van der Waals surface area contributed by atoms with Crippen molar-refractivity contribution >= 4 is 0 Å². The van der Waals surface area contributed by atoms with Crippen molar-refractivity contribution in [2.75, 3.05) is 39.4 Å². The summed E-state index contributed by atoms with van der Waals surface area (Å²) in [4.78, 5) is 5.55. The van der Waals surface area contributed by atoms with Gasteiger partial charge < -0.3 is 24.8 Å². The van der Waals surface area contributed by atoms with Gasteiger partial charge in [0.05, 0.1) is 18.8 Å². The van der Waals surface area contributed by atoms with Crippen LogP contribution in [0.5, 0.6) is 0 Å². The Kier molecular flexibility index (Phi) is 11.9. The SMILES string of the molecule is CCCC1NC2(C)CCN(C3CCN(C[C@H]4CC(OCC)=C(C5=CC[C@H](F)CC5)[C@@H](OCC)C4)CC3)C(C)C2C[C@@H]1C(C)O. The number of aliphatic hydroxyl groups excluding tert-OH is 1. The van der Waals surface area contributed by atoms with Crippen LogP contribution in [0.3, 0.4) is 0 Å². The molecule has 3 heterocycles. The second kappa shape index (κ2) is 15.3. The average Bonchev–Trinajstić information content (AvgIpc) is 2.99. The second-order valence-corrected chi connectivity index (χ2v) is 15.1. The highest BCUT2D eigenvalue weighted by atomic mass is 19.1. The summed E-state index contributed by atoms with van der Waals surface area (Å²) in [6, 6.07) is 1.61. The van der Waals surface area contributed by atoms with Crippen LogP contribution in [-0.2, 0) is 9.47 Å². The maximum absolute atomic E-state index is 13.9. The van der Waals surface area contributed by atoms with E-state index in [2.05, 4.69) is 55.8 Å². The van der Waals surface area contributed by atoms with E-state index in [0.717, 1.165) is 57.5 Å². The van der Waals surface area contributed by atoms with Crippen molar-refractivity contribution in [2.45, 2.75) is 154 Å². The Bertz CT molecular complexity index is 994. The molecule has 5 aliphatic rings. The summed E-state index contributed by atoms with van der Waals surface area (Å²) in [6.07, 6.45) is 12.2. The van der Waals surface area contributed by atoms with Gasteiger partial charge in [0.1, 0.15) is 11.9 Å². The second-order valence-electron chi connectivity index (χ2n) is 15.1. The van der Waals surface area contributed by atoms with Gasteiger partial charge in [0.2, 0.25) is 0 Å². The minimum atomic E-state index is -0.712. The number of rotatable bonds is 11. The topological polar surface area (TPSA) is 57.2 Å². The maximum atomic E-state index is 13.9. The third kappa shape index (κ3) is 7.59. The summed E-state index contributed by atoms with van der Waals surface area (Å²) < 4.78 is 26.6. The zero-order valence-corrected chi connectivity index (χ0v) is 28.8. The molecule has 2 N–H and O–H groups in total. The highest BCUT2D eigenvalue weighted by Crippen LogP contribution is 2.45. The first kappa shape index (κ1) is 34.3. The lowest BCUT2D eigenvalue weighted by atomic mass is 9.64. The van der Waals surface area contributed by atoms with Crippen molar-refractivity contribution in [2.24, 2.45) is 17.8 Å². The van der Waals surface area contributed by atoms with Gasteiger partial charge in [0, 0.05) is 61.3 Å². The molecule has 0 aromatic rings. The molecule has 6 nitrogen and oxygen atoms in total. The molecule has 5 rings (SSSR count). The number of likely N-dealkylation sites (tertiary alicyclic amines) is 2. The van der Waals surface area contributed by atoms with Gasteiger partial charge in [-0.2, -0.15) is 0 Å². The highest BCUT2D eigenvalue weighted by molar-refractivity contribution is 5.39. The lowest BCUT2D eigenvalue weighted by Crippen LogP contribution is -2.70. The molecule has 0 saturated carbocycles. The van der Waals surface area contributed by atoms with Gasteiger partial charge in [0.15, 0.2) is 0 Å². The molecule has 5 unspecified atom stereocenters. The number of aliphatic hydroxyl groups is 1. The van der Waals surface area contributed by atoms with Crippen molar-refractivity contribution in [3.63, 3.8) is 0 Å². The van der Waals surface area contributed by atoms with Crippen LogP contribution in [0.15, 0.2) is 23.0 Å². The smallest absolute Gasteiger partial charge is 0.104 e. The Morgan fingerprint density at radius 1 is 1.11 bits per heavy atom. The fraction of sp³-hybridized carbons (Fsp3) is 0.892. The summed E-state index contributed by atoms with van der Waals surface area (Å²) in [5.41, 5.74) is 2.67. The van der Waals surface area contributed by atoms with Crippen LogP contribution in [-0.4, -0.2) is 96.3 Å². The molecular formula is C37H64FN3O3. The summed E-state index contributed by atoms with van der Waals surface area (Å²) in [7, 11) is 0. The number of alkyl halides is 1. The number of hydrogen-bond acceptors (Lipinski definition) is 6. The summed E-state index contributed by atoms with van der Waals surface area (Å²) in [6.45, 7) is 19.3. The predicted molar refractivity (Wildman–Crippen MR) is 177 cm³/mol. The molecule has 44 heavy (non-hydrogen) atoms. The first-order valence-electron chi connectivity index (χ1n) is 18.4. The molecule has 3 saturated heterocycles. The fourth-order valence-electron chi connectivity index (χ4n) is 9.87. The third-order valence-corrected chi connectivity index (χ3v) is 12.2. The average molecular weight is 618 g/mol. The molecule has 0 bridgehead atoms. The first-order chi connectivity index (χ1) is 21.2. The van der Waals surface area contributed by atoms with Gasteiger partial charge in [-0.3, -0.25) is 4.90 Å². The fourth-order valence-corrected chi connectivity index (χ4v) is 9.87. The van der Waals surface area contributed by atoms with Crippen molar-refractivity contribution < 1.29 is 19.0 Å². The summed E-state index contributed by atoms with van der Waals surface area (Å²) in [5.74, 6) is 2.54. The van der Waals surface area contributed by atoms with Crippen LogP contribution in [0.2, 0.25) is 0 Å². The van der Waals surface area contributed by atoms with Crippen LogP contribution < -0.4 is 5.32 Å². The Hall–Kier alpha value is -0.990. The lowest BCUT2D eigenvalue weighted by Gasteiger charge is -2.59. The quantitative estimate of drug-likeness (QED) is 0.271. The van der Waals surface area contributed by atoms with Crippen molar-refractivity contribution in [1.82, 2.24) is 15.1 Å². The monoisotopic (exact) mass is 617 g/mol. The van der Waals surface area contributed by atoms with E-state index < -0.39 is 6.17 Å². The number of nitrogens with one attached hydrogen (secondary N) is 1. The van der Waals surface area contributed by atoms with Gasteiger partial charge in [-0.05, 0) is 123 Å². The number of ether oxygens (including phenoxy) is 2. The zero-order chi connectivity index (χ0) is 31.4. The van der Waals surface area contributed by atoms with Crippen LogP contribution in [0.1, 0.15) is 112 Å². The van der Waals surface area contributed by atoms with E-state index in [1.54, 1.807) is 0 Å². The van der Waals surface area contributed by atoms with Crippen LogP contribution >= 0.6 is 0 Å². The minimum absolute atomic E-state index is 0.0512. The molecule has 3 fully saturated rings. The molecule has 7 heteroatoms. The van der Waals surface area contributed by atoms with Gasteiger partial charge in [-0.1, -0.05) is 19.4 Å². The van der Waals surface area contributed by atoms with E-state index in [1.807, 2.05) is 6.92 Å². The molecule has 9 atom stereocenters. The number of fused-ring (bicyclic) bond motifs is 1. The first-order valence-corrected chi connectivity index (χ1v) is 18.4. The van der Waals surface area contributed by atoms with Gasteiger partial charge in [0.25, 0.3) is 0 Å². The Labute approximate surface area is 268 Å². The Balaban J connectivity index is 1.19. The molecule has 252 valence electrons. The molecule has 2 aliphatic carbocycles. The number of halogens is 1. The van der Waals surface area contributed by atoms with Crippen LogP contribution in [0, 0.1) is 17.8 Å². The van der Waals surface area contributed by atoms with Crippen molar-refractivity contribution in [3.05, 3.63) is 23.0 Å². The van der Waals surface area contributed by atoms with E-state index in [-0.39, 0.29) is 17.7 Å². The molecule has 0 spiro atoms. The number of hydrogen-bond donors (Lipinski definition) is 2. The largest absolute Gasteiger partial charge is 0.498 e. The standard InChI is InChI=1S/C37H64FN3O3/c1-7-10-33-31(26(5)42)23-32-25(4)41(20-17-37(32,6)39-33)30-15-18-40(19-16-30)24-27-21-34(43-8-2)36(35(22-27)44-9-3)28-11-13-29(38)14-12-28/h11,25-27,29-34,39,42H,7-10,12-24H2,1-6H3/t25?,26?,27-,29+,31-,32?,33?,34+,37?/m1/s1. The van der Waals surface area contributed by atoms with Gasteiger partial charge in [-0.25, -0.2) is 4.39 Å². The van der Waals surface area contributed by atoms with E-state index >= 15 is 0 Å². The van der Waals surface area contributed by atoms with E-state index in [1.165, 1.54) is 43.4 Å². The summed E-state index contributed by atoms with van der Waals surface area (Å²) in [5, 5.41) is 14.8. The highest BCUT2D eigenvalue weighted by Gasteiger charge is 2.51. The molecule has 0 amide bonds. The van der Waals surface area contributed by atoms with E-state index in [0.29, 0.717) is 61.9 Å². The molecular weight excluding hydrogens is 553 g/mol. The number of allylic oxidation sites excluding steroid dienone is 2. The lowest BCUT2D eigenvalue weighted by molar-refractivity contribution is -0.0713. The van der Waals surface area contributed by atoms with E-state index in [9.17, 15) is 9.50 Å². The Morgan fingerprint density at radius 2 is 1.89 bits per heavy atom. The molecule has 0 aromatic carbocycles. The number of piperidine rings is 3. The van der Waals surface area contributed by atoms with Crippen molar-refractivity contribution in [3.8, 4) is 0 Å². The zero-order valence-electron chi connectivity index (χ0n) is 28.8. The minimum Gasteiger partial charge on any atom is -0.498 e. The van der Waals surface area contributed by atoms with Crippen molar-refractivity contribution in [1.29, 1.82) is 0 Å². The van der Waals surface area contributed by atoms with Crippen LogP contribution in [0.4, 0.5) is 4.39 Å². The van der Waals surface area contributed by atoms with E-state index in [4.69, 9.17) is 9.47 Å². The van der Waals surface area contributed by atoms with Crippen LogP contribution in [0.25, 0.3) is 0 Å². The maximum Gasteiger partial charge on any atom is 0.104 e. The van der Waals surface area contributed by atoms with Gasteiger partial charge >= 0.3 is 0 Å². The normalized spacial score (nSPS) is 38.7. The molecule has 0 radical (unpaired) electrons. The number of nitrogens with zero attached hydrogens (tertiary/aromatic N) is 2. The summed E-state index contributed by atoms with van der Waals surface area (Å²) >= 11 is 0. The molecule has 0 aromatic heterocycles. The predicted octanol–water partition coefficient (Wildman–Crippen LogP) is 6.63.